The Labute approximate surface area is 140 Å². The predicted octanol–water partition coefficient (Wildman–Crippen LogP) is 3.19. The van der Waals surface area contributed by atoms with Gasteiger partial charge in [0.1, 0.15) is 11.5 Å². The van der Waals surface area contributed by atoms with Crippen LogP contribution in [0.25, 0.3) is 0 Å². The first kappa shape index (κ1) is 16.7. The van der Waals surface area contributed by atoms with Gasteiger partial charge in [-0.15, -0.1) is 0 Å². The van der Waals surface area contributed by atoms with Crippen LogP contribution in [0.5, 0.6) is 5.75 Å². The third-order valence-corrected chi connectivity index (χ3v) is 4.26. The zero-order valence-corrected chi connectivity index (χ0v) is 14.1. The van der Waals surface area contributed by atoms with Crippen molar-refractivity contribution in [2.75, 3.05) is 19.4 Å². The van der Waals surface area contributed by atoms with Gasteiger partial charge in [0, 0.05) is 24.4 Å². The van der Waals surface area contributed by atoms with Crippen molar-refractivity contribution in [3.63, 3.8) is 0 Å². The van der Waals surface area contributed by atoms with Gasteiger partial charge in [-0.3, -0.25) is 0 Å². The van der Waals surface area contributed by atoms with Gasteiger partial charge in [0.15, 0.2) is 5.11 Å². The first-order chi connectivity index (χ1) is 10.8. The average Bonchev–Trinajstić information content (AvgIpc) is 3.06. The highest BCUT2D eigenvalue weighted by Crippen LogP contribution is 2.16. The molecule has 2 aromatic rings. The Kier molecular flexibility index (Phi) is 7.12. The molecule has 0 fully saturated rings. The third-order valence-electron chi connectivity index (χ3n) is 2.99. The molecule has 0 aliphatic carbocycles. The average molecular weight is 336 g/mol. The van der Waals surface area contributed by atoms with E-state index in [-0.39, 0.29) is 0 Å². The molecule has 0 saturated carbocycles. The number of thioether (sulfide) groups is 1. The molecule has 118 valence electrons. The first-order valence-electron chi connectivity index (χ1n) is 7.03. The van der Waals surface area contributed by atoms with Crippen molar-refractivity contribution in [2.24, 2.45) is 0 Å². The Bertz CT molecular complexity index is 573. The molecule has 0 radical (unpaired) electrons. The molecule has 2 rings (SSSR count). The van der Waals surface area contributed by atoms with Gasteiger partial charge in [-0.05, 0) is 30.4 Å². The lowest BCUT2D eigenvalue weighted by molar-refractivity contribution is 0.409. The minimum Gasteiger partial charge on any atom is -0.496 e. The molecular weight excluding hydrogens is 316 g/mol. The number of para-hydroxylation sites is 1. The Hall–Kier alpha value is -1.66. The van der Waals surface area contributed by atoms with Gasteiger partial charge in [0.25, 0.3) is 0 Å². The molecule has 0 amide bonds. The lowest BCUT2D eigenvalue weighted by atomic mass is 10.2. The number of nitrogens with one attached hydrogen (secondary N) is 2. The summed E-state index contributed by atoms with van der Waals surface area (Å²) in [5, 5.41) is 7.05. The summed E-state index contributed by atoms with van der Waals surface area (Å²) < 4.78 is 10.6. The van der Waals surface area contributed by atoms with E-state index in [0.717, 1.165) is 35.1 Å². The van der Waals surface area contributed by atoms with Gasteiger partial charge in [0.05, 0.1) is 19.1 Å². The van der Waals surface area contributed by atoms with Gasteiger partial charge in [-0.2, -0.15) is 11.8 Å². The molecule has 0 aliphatic rings. The van der Waals surface area contributed by atoms with E-state index in [2.05, 4.69) is 10.6 Å². The maximum absolute atomic E-state index is 5.31. The number of benzene rings is 1. The fourth-order valence-corrected chi connectivity index (χ4v) is 2.82. The summed E-state index contributed by atoms with van der Waals surface area (Å²) in [6, 6.07) is 11.8. The number of ether oxygens (including phenoxy) is 1. The smallest absolute Gasteiger partial charge is 0.166 e. The van der Waals surface area contributed by atoms with Gasteiger partial charge in [-0.1, -0.05) is 18.2 Å². The van der Waals surface area contributed by atoms with E-state index in [0.29, 0.717) is 11.7 Å². The zero-order valence-electron chi connectivity index (χ0n) is 12.5. The SMILES string of the molecule is COc1ccccc1CNC(=S)NCCSCc1ccco1. The monoisotopic (exact) mass is 336 g/mol. The molecular formula is C16H20N2O2S2. The summed E-state index contributed by atoms with van der Waals surface area (Å²) in [6.45, 7) is 1.47. The van der Waals surface area contributed by atoms with Crippen LogP contribution in [0.4, 0.5) is 0 Å². The zero-order chi connectivity index (χ0) is 15.6. The van der Waals surface area contributed by atoms with E-state index in [1.54, 1.807) is 13.4 Å². The van der Waals surface area contributed by atoms with Crippen LogP contribution in [0.2, 0.25) is 0 Å². The van der Waals surface area contributed by atoms with E-state index in [9.17, 15) is 0 Å². The molecule has 1 aromatic carbocycles. The molecule has 1 heterocycles. The van der Waals surface area contributed by atoms with Crippen LogP contribution in [0.3, 0.4) is 0 Å². The van der Waals surface area contributed by atoms with Crippen LogP contribution in [-0.2, 0) is 12.3 Å². The van der Waals surface area contributed by atoms with Crippen molar-refractivity contribution in [3.05, 3.63) is 54.0 Å². The maximum Gasteiger partial charge on any atom is 0.166 e. The second-order valence-electron chi connectivity index (χ2n) is 4.55. The summed E-state index contributed by atoms with van der Waals surface area (Å²) >= 11 is 7.08. The van der Waals surface area contributed by atoms with Crippen LogP contribution >= 0.6 is 24.0 Å². The Morgan fingerprint density at radius 3 is 2.86 bits per heavy atom. The normalized spacial score (nSPS) is 10.2. The fourth-order valence-electron chi connectivity index (χ4n) is 1.89. The van der Waals surface area contributed by atoms with Crippen molar-refractivity contribution in [2.45, 2.75) is 12.3 Å². The van der Waals surface area contributed by atoms with E-state index >= 15 is 0 Å². The molecule has 22 heavy (non-hydrogen) atoms. The van der Waals surface area contributed by atoms with Crippen LogP contribution in [-0.4, -0.2) is 24.5 Å². The molecule has 2 N–H and O–H groups in total. The van der Waals surface area contributed by atoms with Crippen molar-refractivity contribution in [1.29, 1.82) is 0 Å². The topological polar surface area (TPSA) is 46.4 Å². The van der Waals surface area contributed by atoms with Crippen LogP contribution in [0, 0.1) is 0 Å². The lowest BCUT2D eigenvalue weighted by Gasteiger charge is -2.12. The van der Waals surface area contributed by atoms with Gasteiger partial charge in [0.2, 0.25) is 0 Å². The second kappa shape index (κ2) is 9.38. The number of rotatable bonds is 8. The lowest BCUT2D eigenvalue weighted by Crippen LogP contribution is -2.36. The number of hydrogen-bond donors (Lipinski definition) is 2. The summed E-state index contributed by atoms with van der Waals surface area (Å²) in [6.07, 6.45) is 1.70. The molecule has 0 saturated heterocycles. The summed E-state index contributed by atoms with van der Waals surface area (Å²) in [7, 11) is 1.67. The predicted molar refractivity (Wildman–Crippen MR) is 95.3 cm³/mol. The molecule has 0 atom stereocenters. The molecule has 6 heteroatoms. The van der Waals surface area contributed by atoms with Crippen LogP contribution in [0.1, 0.15) is 11.3 Å². The minimum absolute atomic E-state index is 0.648. The minimum atomic E-state index is 0.648. The van der Waals surface area contributed by atoms with Gasteiger partial charge < -0.3 is 19.8 Å². The van der Waals surface area contributed by atoms with Crippen molar-refractivity contribution in [3.8, 4) is 5.75 Å². The maximum atomic E-state index is 5.31. The highest BCUT2D eigenvalue weighted by molar-refractivity contribution is 7.98. The standard InChI is InChI=1S/C16H20N2O2S2/c1-19-15-7-3-2-5-13(15)11-18-16(21)17-8-10-22-12-14-6-4-9-20-14/h2-7,9H,8,10-12H2,1H3,(H2,17,18,21). The van der Waals surface area contributed by atoms with Crippen molar-refractivity contribution >= 4 is 29.1 Å². The van der Waals surface area contributed by atoms with Crippen LogP contribution < -0.4 is 15.4 Å². The van der Waals surface area contributed by atoms with Crippen LogP contribution in [0.15, 0.2) is 47.1 Å². The molecule has 0 aliphatic heterocycles. The molecule has 0 spiro atoms. The quantitative estimate of drug-likeness (QED) is 0.570. The first-order valence-corrected chi connectivity index (χ1v) is 8.59. The summed E-state index contributed by atoms with van der Waals surface area (Å²) in [4.78, 5) is 0. The van der Waals surface area contributed by atoms with E-state index in [1.165, 1.54) is 0 Å². The number of methoxy groups -OCH3 is 1. The highest BCUT2D eigenvalue weighted by atomic mass is 32.2. The van der Waals surface area contributed by atoms with E-state index < -0.39 is 0 Å². The highest BCUT2D eigenvalue weighted by Gasteiger charge is 2.02. The largest absolute Gasteiger partial charge is 0.496 e. The number of thiocarbonyl (C=S) groups is 1. The molecule has 0 unspecified atom stereocenters. The van der Waals surface area contributed by atoms with Gasteiger partial charge in [-0.25, -0.2) is 0 Å². The van der Waals surface area contributed by atoms with E-state index in [1.807, 2.05) is 48.2 Å². The van der Waals surface area contributed by atoms with E-state index in [4.69, 9.17) is 21.4 Å². The summed E-state index contributed by atoms with van der Waals surface area (Å²) in [5.41, 5.74) is 1.08. The van der Waals surface area contributed by atoms with Gasteiger partial charge >= 0.3 is 0 Å². The molecule has 1 aromatic heterocycles. The Morgan fingerprint density at radius 1 is 1.23 bits per heavy atom. The third kappa shape index (κ3) is 5.61. The molecule has 4 nitrogen and oxygen atoms in total. The number of hydrogen-bond acceptors (Lipinski definition) is 4. The molecule has 0 bridgehead atoms. The van der Waals surface area contributed by atoms with Crippen molar-refractivity contribution in [1.82, 2.24) is 10.6 Å². The number of furan rings is 1. The summed E-state index contributed by atoms with van der Waals surface area (Å²) in [5.74, 6) is 3.72. The Balaban J connectivity index is 1.59. The van der Waals surface area contributed by atoms with Crippen molar-refractivity contribution < 1.29 is 9.15 Å². The Morgan fingerprint density at radius 2 is 2.09 bits per heavy atom. The second-order valence-corrected chi connectivity index (χ2v) is 6.07. The fraction of sp³-hybridized carbons (Fsp3) is 0.312.